The fourth-order valence-electron chi connectivity index (χ4n) is 4.61. The average Bonchev–Trinajstić information content (AvgIpc) is 3.14. The van der Waals surface area contributed by atoms with Crippen molar-refractivity contribution < 1.29 is 4.79 Å². The van der Waals surface area contributed by atoms with Gasteiger partial charge < -0.3 is 5.32 Å². The fraction of sp³-hybridized carbons (Fsp3) is 0.308. The van der Waals surface area contributed by atoms with E-state index in [1.165, 1.54) is 22.6 Å². The van der Waals surface area contributed by atoms with Crippen LogP contribution < -0.4 is 10.9 Å². The number of amides is 1. The molecule has 3 heterocycles. The second-order valence-electron chi connectivity index (χ2n) is 8.73. The minimum Gasteiger partial charge on any atom is -0.367 e. The lowest BCUT2D eigenvalue weighted by Gasteiger charge is -2.24. The molecule has 1 atom stereocenters. The molecule has 0 bridgehead atoms. The van der Waals surface area contributed by atoms with Gasteiger partial charge in [-0.25, -0.2) is 4.98 Å². The first-order chi connectivity index (χ1) is 16.5. The molecule has 6 nitrogen and oxygen atoms in total. The highest BCUT2D eigenvalue weighted by molar-refractivity contribution is 8.26. The van der Waals surface area contributed by atoms with Crippen LogP contribution in [0.25, 0.3) is 11.7 Å². The van der Waals surface area contributed by atoms with Crippen LogP contribution in [0.5, 0.6) is 0 Å². The number of carbonyl (C=O) groups excluding carboxylic acids is 1. The van der Waals surface area contributed by atoms with Crippen molar-refractivity contribution in [3.8, 4) is 0 Å². The van der Waals surface area contributed by atoms with E-state index in [2.05, 4.69) is 5.32 Å². The molecule has 1 saturated carbocycles. The van der Waals surface area contributed by atoms with E-state index in [0.29, 0.717) is 26.3 Å². The molecule has 34 heavy (non-hydrogen) atoms. The molecule has 2 aromatic heterocycles. The van der Waals surface area contributed by atoms with Gasteiger partial charge in [-0.1, -0.05) is 79.6 Å². The molecule has 1 aliphatic carbocycles. The predicted molar refractivity (Wildman–Crippen MR) is 142 cm³/mol. The predicted octanol–water partition coefficient (Wildman–Crippen LogP) is 5.40. The summed E-state index contributed by atoms with van der Waals surface area (Å²) in [4.78, 5) is 33.7. The zero-order chi connectivity index (χ0) is 23.7. The number of thioether (sulfide) groups is 1. The third-order valence-electron chi connectivity index (χ3n) is 6.48. The number of aromatic nitrogens is 2. The van der Waals surface area contributed by atoms with Gasteiger partial charge in [-0.15, -0.1) is 0 Å². The Morgan fingerprint density at radius 1 is 1.09 bits per heavy atom. The maximum absolute atomic E-state index is 13.5. The molecule has 1 aliphatic heterocycles. The van der Waals surface area contributed by atoms with Crippen molar-refractivity contribution >= 4 is 51.7 Å². The maximum atomic E-state index is 13.5. The van der Waals surface area contributed by atoms with Gasteiger partial charge in [0.2, 0.25) is 0 Å². The van der Waals surface area contributed by atoms with Crippen LogP contribution in [0.1, 0.15) is 56.2 Å². The largest absolute Gasteiger partial charge is 0.367 e. The van der Waals surface area contributed by atoms with E-state index in [0.717, 1.165) is 31.2 Å². The quantitative estimate of drug-likeness (QED) is 0.382. The van der Waals surface area contributed by atoms with Gasteiger partial charge in [0, 0.05) is 12.2 Å². The molecule has 0 radical (unpaired) electrons. The molecule has 5 rings (SSSR count). The number of carbonyl (C=O) groups is 1. The first-order valence-electron chi connectivity index (χ1n) is 11.6. The number of nitrogens with one attached hydrogen (secondary N) is 1. The highest BCUT2D eigenvalue weighted by Crippen LogP contribution is 2.38. The number of anilines is 1. The van der Waals surface area contributed by atoms with E-state index in [4.69, 9.17) is 17.2 Å². The molecular weight excluding hydrogens is 464 g/mol. The van der Waals surface area contributed by atoms with E-state index in [1.807, 2.05) is 49.4 Å². The van der Waals surface area contributed by atoms with Gasteiger partial charge in [0.05, 0.1) is 16.5 Å². The van der Waals surface area contributed by atoms with Crippen molar-refractivity contribution in [2.75, 3.05) is 5.32 Å². The Labute approximate surface area is 208 Å². The van der Waals surface area contributed by atoms with E-state index in [9.17, 15) is 9.59 Å². The van der Waals surface area contributed by atoms with E-state index >= 15 is 0 Å². The molecule has 1 unspecified atom stereocenters. The standard InChI is InChI=1S/C26H26N4O2S2/c1-17(18-10-4-2-5-11-18)30-25(32)21(34-26(30)33)16-20-23(27-19-12-6-3-7-13-19)28-22-14-8-9-15-29(22)24(20)31/h2,4-5,8-11,14-17,19,27H,3,6-7,12-13H2,1H3/b21-16-. The summed E-state index contributed by atoms with van der Waals surface area (Å²) in [5.74, 6) is 0.344. The monoisotopic (exact) mass is 490 g/mol. The van der Waals surface area contributed by atoms with Crippen LogP contribution in [0.4, 0.5) is 5.82 Å². The summed E-state index contributed by atoms with van der Waals surface area (Å²) in [7, 11) is 0. The second kappa shape index (κ2) is 9.72. The lowest BCUT2D eigenvalue weighted by atomic mass is 9.95. The minimum atomic E-state index is -0.203. The summed E-state index contributed by atoms with van der Waals surface area (Å²) in [6, 6.07) is 15.4. The van der Waals surface area contributed by atoms with Crippen molar-refractivity contribution in [2.24, 2.45) is 0 Å². The van der Waals surface area contributed by atoms with Crippen molar-refractivity contribution in [1.29, 1.82) is 0 Å². The van der Waals surface area contributed by atoms with Crippen molar-refractivity contribution in [3.63, 3.8) is 0 Å². The summed E-state index contributed by atoms with van der Waals surface area (Å²) >= 11 is 6.81. The SMILES string of the molecule is CC(c1ccccc1)N1C(=O)/C(=C/c2c(NC3CCCCC3)nc3ccccn3c2=O)SC1=S. The van der Waals surface area contributed by atoms with Gasteiger partial charge in [-0.05, 0) is 43.5 Å². The third-order valence-corrected chi connectivity index (χ3v) is 7.81. The number of hydrogen-bond donors (Lipinski definition) is 1. The molecule has 2 fully saturated rings. The number of fused-ring (bicyclic) bond motifs is 1. The van der Waals surface area contributed by atoms with E-state index in [1.54, 1.807) is 23.2 Å². The molecule has 1 amide bonds. The van der Waals surface area contributed by atoms with Crippen molar-refractivity contribution in [1.82, 2.24) is 14.3 Å². The lowest BCUT2D eigenvalue weighted by Crippen LogP contribution is -2.31. The van der Waals surface area contributed by atoms with Crippen molar-refractivity contribution in [2.45, 2.75) is 51.1 Å². The van der Waals surface area contributed by atoms with Gasteiger partial charge >= 0.3 is 0 Å². The van der Waals surface area contributed by atoms with E-state index < -0.39 is 0 Å². The highest BCUT2D eigenvalue weighted by atomic mass is 32.2. The van der Waals surface area contributed by atoms with Crippen LogP contribution in [-0.2, 0) is 4.79 Å². The maximum Gasteiger partial charge on any atom is 0.267 e. The number of rotatable bonds is 5. The Balaban J connectivity index is 1.54. The topological polar surface area (TPSA) is 66.7 Å². The zero-order valence-corrected chi connectivity index (χ0v) is 20.6. The molecular formula is C26H26N4O2S2. The number of pyridine rings is 1. The first-order valence-corrected chi connectivity index (χ1v) is 12.9. The van der Waals surface area contributed by atoms with Crippen LogP contribution in [0, 0.1) is 0 Å². The zero-order valence-electron chi connectivity index (χ0n) is 18.9. The van der Waals surface area contributed by atoms with Crippen LogP contribution >= 0.6 is 24.0 Å². The number of benzene rings is 1. The summed E-state index contributed by atoms with van der Waals surface area (Å²) in [6.07, 6.45) is 9.02. The lowest BCUT2D eigenvalue weighted by molar-refractivity contribution is -0.123. The molecule has 2 aliphatic rings. The summed E-state index contributed by atoms with van der Waals surface area (Å²) in [5, 5.41) is 3.51. The molecule has 8 heteroatoms. The first kappa shape index (κ1) is 22.8. The average molecular weight is 491 g/mol. The Hall–Kier alpha value is -2.97. The minimum absolute atomic E-state index is 0.187. The van der Waals surface area contributed by atoms with Gasteiger partial charge in [-0.3, -0.25) is 18.9 Å². The van der Waals surface area contributed by atoms with Gasteiger partial charge in [0.15, 0.2) is 0 Å². The normalized spacial score (nSPS) is 19.2. The molecule has 1 saturated heterocycles. The molecule has 1 N–H and O–H groups in total. The third kappa shape index (κ3) is 4.40. The summed E-state index contributed by atoms with van der Waals surface area (Å²) in [6.45, 7) is 1.96. The van der Waals surface area contributed by atoms with Gasteiger partial charge in [0.1, 0.15) is 15.8 Å². The molecule has 174 valence electrons. The van der Waals surface area contributed by atoms with Gasteiger partial charge in [-0.2, -0.15) is 0 Å². The summed E-state index contributed by atoms with van der Waals surface area (Å²) < 4.78 is 2.01. The van der Waals surface area contributed by atoms with Crippen molar-refractivity contribution in [3.05, 3.63) is 81.1 Å². The second-order valence-corrected chi connectivity index (χ2v) is 10.4. The molecule has 3 aromatic rings. The fourth-order valence-corrected chi connectivity index (χ4v) is 6.01. The van der Waals surface area contributed by atoms with E-state index in [-0.39, 0.29) is 23.6 Å². The molecule has 0 spiro atoms. The summed E-state index contributed by atoms with van der Waals surface area (Å²) in [5.41, 5.74) is 1.77. The molecule has 1 aromatic carbocycles. The smallest absolute Gasteiger partial charge is 0.267 e. The Bertz CT molecular complexity index is 1330. The Kier molecular flexibility index (Phi) is 6.52. The van der Waals surface area contributed by atoms with Gasteiger partial charge in [0.25, 0.3) is 11.5 Å². The highest BCUT2D eigenvalue weighted by Gasteiger charge is 2.36. The van der Waals surface area contributed by atoms with Crippen LogP contribution in [0.2, 0.25) is 0 Å². The van der Waals surface area contributed by atoms with Crippen LogP contribution in [0.15, 0.2) is 64.4 Å². The Morgan fingerprint density at radius 3 is 2.59 bits per heavy atom. The Morgan fingerprint density at radius 2 is 1.82 bits per heavy atom. The number of thiocarbonyl (C=S) groups is 1. The number of nitrogens with zero attached hydrogens (tertiary/aromatic N) is 3. The van der Waals surface area contributed by atoms with Crippen LogP contribution in [-0.4, -0.2) is 30.6 Å². The number of hydrogen-bond acceptors (Lipinski definition) is 6. The van der Waals surface area contributed by atoms with Crippen LogP contribution in [0.3, 0.4) is 0 Å².